The summed E-state index contributed by atoms with van der Waals surface area (Å²) in [6, 6.07) is 20.5. The van der Waals surface area contributed by atoms with E-state index in [0.29, 0.717) is 12.2 Å². The molecular weight excluding hydrogens is 509 g/mol. The topological polar surface area (TPSA) is 32.8 Å². The van der Waals surface area contributed by atoms with Crippen LogP contribution in [-0.2, 0) is 5.41 Å². The highest BCUT2D eigenvalue weighted by molar-refractivity contribution is 9.10. The third-order valence-corrected chi connectivity index (χ3v) is 6.28. The van der Waals surface area contributed by atoms with Gasteiger partial charge in [-0.25, -0.2) is 4.79 Å². The first-order valence-corrected chi connectivity index (χ1v) is 11.5. The van der Waals surface area contributed by atoms with Crippen molar-refractivity contribution in [2.24, 2.45) is 0 Å². The van der Waals surface area contributed by atoms with E-state index in [4.69, 9.17) is 0 Å². The van der Waals surface area contributed by atoms with Crippen molar-refractivity contribution in [3.63, 3.8) is 0 Å². The molecule has 8 heteroatoms. The summed E-state index contributed by atoms with van der Waals surface area (Å²) in [6.45, 7) is 6.73. The molecule has 0 spiro atoms. The van der Waals surface area contributed by atoms with Gasteiger partial charge in [0.2, 0.25) is 0 Å². The Balaban J connectivity index is 1.68. The van der Waals surface area contributed by atoms with Crippen molar-refractivity contribution in [3.8, 4) is 5.75 Å². The van der Waals surface area contributed by atoms with E-state index in [0.717, 1.165) is 21.3 Å². The Labute approximate surface area is 205 Å². The summed E-state index contributed by atoms with van der Waals surface area (Å²) in [5, 5.41) is 0. The fraction of sp³-hybridized carbons (Fsp3) is 0.269. The molecule has 0 N–H and O–H groups in total. The number of hydrogen-bond donors (Lipinski definition) is 0. The van der Waals surface area contributed by atoms with Gasteiger partial charge in [0.05, 0.1) is 12.6 Å². The molecule has 2 amide bonds. The zero-order chi connectivity index (χ0) is 24.7. The standard InChI is InChI=1S/C26H24BrF3N2O2/c1-25(2,3)18-6-10-21(11-7-18)32-23(17-4-8-19(27)9-5-17)16-31(24(32)33)20-12-14-22(15-13-20)34-26(28,29)30/h4-15,23H,16H2,1-3H3. The molecule has 0 aliphatic carbocycles. The Morgan fingerprint density at radius 2 is 1.41 bits per heavy atom. The van der Waals surface area contributed by atoms with E-state index in [9.17, 15) is 18.0 Å². The van der Waals surface area contributed by atoms with E-state index in [2.05, 4.69) is 41.4 Å². The molecule has 3 aromatic rings. The molecule has 178 valence electrons. The maximum Gasteiger partial charge on any atom is 0.573 e. The summed E-state index contributed by atoms with van der Waals surface area (Å²) in [7, 11) is 0. The van der Waals surface area contributed by atoms with Gasteiger partial charge >= 0.3 is 12.4 Å². The number of urea groups is 1. The normalized spacial score (nSPS) is 16.8. The van der Waals surface area contributed by atoms with Crippen LogP contribution in [0, 0.1) is 0 Å². The van der Waals surface area contributed by atoms with Gasteiger partial charge in [0.25, 0.3) is 0 Å². The average Bonchev–Trinajstić information content (AvgIpc) is 3.10. The van der Waals surface area contributed by atoms with Crippen LogP contribution in [0.5, 0.6) is 5.75 Å². The first kappa shape index (κ1) is 24.1. The molecule has 1 atom stereocenters. The molecule has 0 radical (unpaired) electrons. The van der Waals surface area contributed by atoms with Gasteiger partial charge in [0.1, 0.15) is 5.75 Å². The van der Waals surface area contributed by atoms with E-state index in [1.54, 1.807) is 9.80 Å². The lowest BCUT2D eigenvalue weighted by atomic mass is 9.87. The SMILES string of the molecule is CC(C)(C)c1ccc(N2C(=O)N(c3ccc(OC(F)(F)F)cc3)CC2c2ccc(Br)cc2)cc1. The Morgan fingerprint density at radius 3 is 1.94 bits per heavy atom. The van der Waals surface area contributed by atoms with Crippen LogP contribution in [0.2, 0.25) is 0 Å². The van der Waals surface area contributed by atoms with Crippen LogP contribution in [0.4, 0.5) is 29.3 Å². The second-order valence-corrected chi connectivity index (χ2v) is 10.1. The number of nitrogens with zero attached hydrogens (tertiary/aromatic N) is 2. The molecule has 4 nitrogen and oxygen atoms in total. The summed E-state index contributed by atoms with van der Waals surface area (Å²) >= 11 is 3.45. The molecule has 1 fully saturated rings. The van der Waals surface area contributed by atoms with E-state index < -0.39 is 6.36 Å². The van der Waals surface area contributed by atoms with E-state index in [-0.39, 0.29) is 23.2 Å². The lowest BCUT2D eigenvalue weighted by Crippen LogP contribution is -2.32. The molecule has 1 saturated heterocycles. The molecule has 0 saturated carbocycles. The lowest BCUT2D eigenvalue weighted by Gasteiger charge is -2.25. The first-order valence-electron chi connectivity index (χ1n) is 10.7. The number of hydrogen-bond acceptors (Lipinski definition) is 2. The number of alkyl halides is 3. The molecule has 1 unspecified atom stereocenters. The molecule has 3 aromatic carbocycles. The van der Waals surface area contributed by atoms with Crippen LogP contribution in [0.1, 0.15) is 37.9 Å². The van der Waals surface area contributed by atoms with Crippen molar-refractivity contribution in [1.82, 2.24) is 0 Å². The highest BCUT2D eigenvalue weighted by Crippen LogP contribution is 2.38. The maximum atomic E-state index is 13.6. The first-order chi connectivity index (χ1) is 15.9. The molecule has 0 aromatic heterocycles. The molecule has 34 heavy (non-hydrogen) atoms. The van der Waals surface area contributed by atoms with Gasteiger partial charge in [0.15, 0.2) is 0 Å². The highest BCUT2D eigenvalue weighted by Gasteiger charge is 2.40. The van der Waals surface area contributed by atoms with Crippen molar-refractivity contribution < 1.29 is 22.7 Å². The zero-order valence-electron chi connectivity index (χ0n) is 18.9. The quantitative estimate of drug-likeness (QED) is 0.343. The van der Waals surface area contributed by atoms with Crippen molar-refractivity contribution >= 4 is 33.3 Å². The number of benzene rings is 3. The summed E-state index contributed by atoms with van der Waals surface area (Å²) in [6.07, 6.45) is -4.77. The summed E-state index contributed by atoms with van der Waals surface area (Å²) in [4.78, 5) is 16.9. The van der Waals surface area contributed by atoms with Crippen LogP contribution in [-0.4, -0.2) is 18.9 Å². The second kappa shape index (κ2) is 8.98. The summed E-state index contributed by atoms with van der Waals surface area (Å²) in [5.74, 6) is -0.331. The minimum atomic E-state index is -4.77. The molecule has 4 rings (SSSR count). The van der Waals surface area contributed by atoms with E-state index >= 15 is 0 Å². The van der Waals surface area contributed by atoms with Crippen molar-refractivity contribution in [2.45, 2.75) is 38.6 Å². The Bertz CT molecular complexity index is 1160. The second-order valence-electron chi connectivity index (χ2n) is 9.17. The van der Waals surface area contributed by atoms with Gasteiger partial charge in [-0.15, -0.1) is 13.2 Å². The Kier molecular flexibility index (Phi) is 6.38. The number of amides is 2. The molecule has 0 bridgehead atoms. The molecular formula is C26H24BrF3N2O2. The minimum absolute atomic E-state index is 0.0229. The number of rotatable bonds is 4. The van der Waals surface area contributed by atoms with Crippen LogP contribution < -0.4 is 14.5 Å². The fourth-order valence-electron chi connectivity index (χ4n) is 3.99. The summed E-state index contributed by atoms with van der Waals surface area (Å²) < 4.78 is 42.4. The number of halogens is 4. The Hall–Kier alpha value is -3.00. The fourth-order valence-corrected chi connectivity index (χ4v) is 4.26. The zero-order valence-corrected chi connectivity index (χ0v) is 20.5. The largest absolute Gasteiger partial charge is 0.573 e. The van der Waals surface area contributed by atoms with Crippen molar-refractivity contribution in [2.75, 3.05) is 16.3 Å². The lowest BCUT2D eigenvalue weighted by molar-refractivity contribution is -0.274. The van der Waals surface area contributed by atoms with Gasteiger partial charge in [-0.1, -0.05) is 61.0 Å². The van der Waals surface area contributed by atoms with Crippen molar-refractivity contribution in [3.05, 3.63) is 88.4 Å². The predicted molar refractivity (Wildman–Crippen MR) is 130 cm³/mol. The van der Waals surface area contributed by atoms with Gasteiger partial charge in [0, 0.05) is 15.8 Å². The number of anilines is 2. The monoisotopic (exact) mass is 532 g/mol. The van der Waals surface area contributed by atoms with E-state index in [1.807, 2.05) is 48.5 Å². The van der Waals surface area contributed by atoms with Crippen LogP contribution in [0.25, 0.3) is 0 Å². The Morgan fingerprint density at radius 1 is 0.853 bits per heavy atom. The molecule has 1 aliphatic heterocycles. The molecule has 1 aliphatic rings. The third-order valence-electron chi connectivity index (χ3n) is 5.75. The summed E-state index contributed by atoms with van der Waals surface area (Å²) in [5.41, 5.74) is 3.34. The number of carbonyl (C=O) groups excluding carboxylic acids is 1. The van der Waals surface area contributed by atoms with Crippen molar-refractivity contribution in [1.29, 1.82) is 0 Å². The van der Waals surface area contributed by atoms with Gasteiger partial charge < -0.3 is 4.74 Å². The highest BCUT2D eigenvalue weighted by atomic mass is 79.9. The van der Waals surface area contributed by atoms with Gasteiger partial charge in [-0.3, -0.25) is 9.80 Å². The minimum Gasteiger partial charge on any atom is -0.406 e. The van der Waals surface area contributed by atoms with Crippen LogP contribution >= 0.6 is 15.9 Å². The molecule has 1 heterocycles. The third kappa shape index (κ3) is 5.22. The smallest absolute Gasteiger partial charge is 0.406 e. The number of ether oxygens (including phenoxy) is 1. The maximum absolute atomic E-state index is 13.6. The van der Waals surface area contributed by atoms with Gasteiger partial charge in [-0.05, 0) is 65.1 Å². The number of carbonyl (C=O) groups is 1. The average molecular weight is 533 g/mol. The predicted octanol–water partition coefficient (Wildman–Crippen LogP) is 7.83. The van der Waals surface area contributed by atoms with Crippen LogP contribution in [0.15, 0.2) is 77.3 Å². The van der Waals surface area contributed by atoms with E-state index in [1.165, 1.54) is 24.3 Å². The van der Waals surface area contributed by atoms with Gasteiger partial charge in [-0.2, -0.15) is 0 Å². The van der Waals surface area contributed by atoms with Crippen LogP contribution in [0.3, 0.4) is 0 Å².